The van der Waals surface area contributed by atoms with Gasteiger partial charge in [0.05, 0.1) is 0 Å². The van der Waals surface area contributed by atoms with Crippen molar-refractivity contribution < 1.29 is 9.21 Å². The fraction of sp³-hybridized carbons (Fsp3) is 0.0909. The Labute approximate surface area is 106 Å². The molecule has 2 aromatic rings. The molecule has 0 saturated heterocycles. The first-order chi connectivity index (χ1) is 8.13. The molecule has 0 aliphatic heterocycles. The number of halogens is 1. The molecule has 2 amide bonds. The fourth-order valence-corrected chi connectivity index (χ4v) is 1.55. The summed E-state index contributed by atoms with van der Waals surface area (Å²) in [4.78, 5) is 15.6. The zero-order valence-corrected chi connectivity index (χ0v) is 10.6. The van der Waals surface area contributed by atoms with Gasteiger partial charge < -0.3 is 4.42 Å². The zero-order chi connectivity index (χ0) is 12.3. The summed E-state index contributed by atoms with van der Waals surface area (Å²) in [5.41, 5.74) is 1.02. The Morgan fingerprint density at radius 3 is 2.82 bits per heavy atom. The Kier molecular flexibility index (Phi) is 3.43. The number of rotatable bonds is 2. The fourth-order valence-electron chi connectivity index (χ4n) is 1.25. The van der Waals surface area contributed by atoms with Crippen molar-refractivity contribution in [3.63, 3.8) is 0 Å². The molecule has 0 aromatic carbocycles. The van der Waals surface area contributed by atoms with Crippen molar-refractivity contribution in [1.82, 2.24) is 4.98 Å². The summed E-state index contributed by atoms with van der Waals surface area (Å²) in [5.74, 6) is 0.857. The molecule has 0 saturated carbocycles. The Morgan fingerprint density at radius 2 is 2.18 bits per heavy atom. The van der Waals surface area contributed by atoms with Crippen LogP contribution < -0.4 is 10.6 Å². The molecular formula is C11H10BrN3O2. The molecule has 2 heterocycles. The third kappa shape index (κ3) is 3.32. The Balaban J connectivity index is 1.98. The molecular weight excluding hydrogens is 286 g/mol. The summed E-state index contributed by atoms with van der Waals surface area (Å²) in [6, 6.07) is 6.57. The van der Waals surface area contributed by atoms with E-state index in [1.165, 1.54) is 0 Å². The van der Waals surface area contributed by atoms with Gasteiger partial charge in [0, 0.05) is 12.3 Å². The van der Waals surface area contributed by atoms with Gasteiger partial charge in [-0.2, -0.15) is 0 Å². The minimum atomic E-state index is -0.398. The average Bonchev–Trinajstić information content (AvgIpc) is 2.63. The number of amides is 2. The van der Waals surface area contributed by atoms with Crippen molar-refractivity contribution in [3.8, 4) is 0 Å². The molecule has 0 bridgehead atoms. The molecule has 17 heavy (non-hydrogen) atoms. The lowest BCUT2D eigenvalue weighted by Crippen LogP contribution is -2.19. The number of aryl methyl sites for hydroxylation is 1. The Bertz CT molecular complexity index is 539. The summed E-state index contributed by atoms with van der Waals surface area (Å²) in [6.07, 6.45) is 1.63. The molecule has 5 nitrogen and oxygen atoms in total. The van der Waals surface area contributed by atoms with Gasteiger partial charge in [-0.15, -0.1) is 0 Å². The van der Waals surface area contributed by atoms with Crippen LogP contribution in [0.25, 0.3) is 0 Å². The summed E-state index contributed by atoms with van der Waals surface area (Å²) >= 11 is 3.15. The normalized spacial score (nSPS) is 10.0. The van der Waals surface area contributed by atoms with Crippen LogP contribution in [-0.2, 0) is 0 Å². The highest BCUT2D eigenvalue weighted by atomic mass is 79.9. The number of carbonyl (C=O) groups excluding carboxylic acids is 1. The molecule has 0 fully saturated rings. The smallest absolute Gasteiger partial charge is 0.327 e. The van der Waals surface area contributed by atoms with Crippen LogP contribution in [0.1, 0.15) is 5.56 Å². The minimum Gasteiger partial charge on any atom is -0.434 e. The van der Waals surface area contributed by atoms with E-state index in [1.54, 1.807) is 24.4 Å². The van der Waals surface area contributed by atoms with Crippen molar-refractivity contribution in [2.45, 2.75) is 6.92 Å². The number of pyridine rings is 1. The van der Waals surface area contributed by atoms with E-state index in [9.17, 15) is 4.79 Å². The lowest BCUT2D eigenvalue weighted by molar-refractivity contribution is 0.261. The molecule has 0 unspecified atom stereocenters. The second kappa shape index (κ2) is 5.01. The van der Waals surface area contributed by atoms with Crippen LogP contribution >= 0.6 is 15.9 Å². The van der Waals surface area contributed by atoms with E-state index < -0.39 is 6.03 Å². The average molecular weight is 296 g/mol. The molecule has 2 rings (SSSR count). The van der Waals surface area contributed by atoms with Crippen molar-refractivity contribution in [2.75, 3.05) is 10.6 Å². The predicted octanol–water partition coefficient (Wildman–Crippen LogP) is 3.39. The molecule has 2 aromatic heterocycles. The highest BCUT2D eigenvalue weighted by Gasteiger charge is 2.06. The van der Waals surface area contributed by atoms with Crippen molar-refractivity contribution in [3.05, 3.63) is 40.7 Å². The zero-order valence-electron chi connectivity index (χ0n) is 9.03. The van der Waals surface area contributed by atoms with Gasteiger partial charge in [-0.05, 0) is 46.6 Å². The highest BCUT2D eigenvalue weighted by molar-refractivity contribution is 9.10. The maximum absolute atomic E-state index is 11.6. The third-order valence-corrected chi connectivity index (χ3v) is 2.39. The summed E-state index contributed by atoms with van der Waals surface area (Å²) in [5, 5.41) is 5.15. The predicted molar refractivity (Wildman–Crippen MR) is 68.0 cm³/mol. The van der Waals surface area contributed by atoms with E-state index in [0.29, 0.717) is 16.4 Å². The summed E-state index contributed by atoms with van der Waals surface area (Å²) in [6.45, 7) is 1.93. The maximum atomic E-state index is 11.6. The minimum absolute atomic E-state index is 0.363. The first kappa shape index (κ1) is 11.7. The van der Waals surface area contributed by atoms with Gasteiger partial charge in [-0.25, -0.2) is 9.78 Å². The first-order valence-corrected chi connectivity index (χ1v) is 5.69. The van der Waals surface area contributed by atoms with Crippen molar-refractivity contribution in [2.24, 2.45) is 0 Å². The number of furan rings is 1. The topological polar surface area (TPSA) is 67.2 Å². The molecule has 2 N–H and O–H groups in total. The van der Waals surface area contributed by atoms with Gasteiger partial charge in [0.25, 0.3) is 0 Å². The molecule has 88 valence electrons. The Morgan fingerprint density at radius 1 is 1.35 bits per heavy atom. The highest BCUT2D eigenvalue weighted by Crippen LogP contribution is 2.18. The quantitative estimate of drug-likeness (QED) is 0.892. The van der Waals surface area contributed by atoms with E-state index >= 15 is 0 Å². The number of aromatic nitrogens is 1. The van der Waals surface area contributed by atoms with Crippen molar-refractivity contribution in [1.29, 1.82) is 0 Å². The third-order valence-electron chi connectivity index (χ3n) is 1.97. The lowest BCUT2D eigenvalue weighted by Gasteiger charge is -2.04. The molecule has 0 spiro atoms. The van der Waals surface area contributed by atoms with E-state index in [1.807, 2.05) is 13.0 Å². The summed E-state index contributed by atoms with van der Waals surface area (Å²) < 4.78 is 5.70. The van der Waals surface area contributed by atoms with Crippen LogP contribution in [0.3, 0.4) is 0 Å². The van der Waals surface area contributed by atoms with Gasteiger partial charge in [0.15, 0.2) is 4.67 Å². The van der Waals surface area contributed by atoms with Gasteiger partial charge in [-0.3, -0.25) is 10.6 Å². The van der Waals surface area contributed by atoms with E-state index in [0.717, 1.165) is 5.56 Å². The van der Waals surface area contributed by atoms with E-state index in [4.69, 9.17) is 4.42 Å². The molecule has 0 radical (unpaired) electrons. The second-order valence-electron chi connectivity index (χ2n) is 3.40. The largest absolute Gasteiger partial charge is 0.434 e. The molecule has 0 atom stereocenters. The number of urea groups is 1. The second-order valence-corrected chi connectivity index (χ2v) is 4.18. The monoisotopic (exact) mass is 295 g/mol. The number of nitrogens with one attached hydrogen (secondary N) is 2. The van der Waals surface area contributed by atoms with Crippen LogP contribution in [-0.4, -0.2) is 11.0 Å². The maximum Gasteiger partial charge on any atom is 0.327 e. The summed E-state index contributed by atoms with van der Waals surface area (Å²) in [7, 11) is 0. The number of anilines is 2. The van der Waals surface area contributed by atoms with Crippen molar-refractivity contribution >= 4 is 33.7 Å². The van der Waals surface area contributed by atoms with Crippen LogP contribution in [0.4, 0.5) is 16.5 Å². The number of hydrogen-bond donors (Lipinski definition) is 2. The van der Waals surface area contributed by atoms with Crippen LogP contribution in [0.5, 0.6) is 0 Å². The van der Waals surface area contributed by atoms with Gasteiger partial charge in [-0.1, -0.05) is 0 Å². The molecule has 0 aliphatic rings. The first-order valence-electron chi connectivity index (χ1n) is 4.89. The lowest BCUT2D eigenvalue weighted by atomic mass is 10.3. The standard InChI is InChI=1S/C11H10BrN3O2/c1-7-4-5-13-9(6-7)14-11(16)15-10-3-2-8(12)17-10/h2-6H,1H3,(H2,13,14,15,16). The van der Waals surface area contributed by atoms with Gasteiger partial charge in [0.1, 0.15) is 5.82 Å². The van der Waals surface area contributed by atoms with Crippen LogP contribution in [0.2, 0.25) is 0 Å². The van der Waals surface area contributed by atoms with Crippen LogP contribution in [0, 0.1) is 6.92 Å². The Hall–Kier alpha value is -1.82. The molecule has 0 aliphatic carbocycles. The molecule has 6 heteroatoms. The SMILES string of the molecule is Cc1ccnc(NC(=O)Nc2ccc(Br)o2)c1. The number of hydrogen-bond acceptors (Lipinski definition) is 3. The van der Waals surface area contributed by atoms with Crippen LogP contribution in [0.15, 0.2) is 39.5 Å². The number of carbonyl (C=O) groups is 1. The van der Waals surface area contributed by atoms with Gasteiger partial charge >= 0.3 is 6.03 Å². The van der Waals surface area contributed by atoms with Gasteiger partial charge in [0.2, 0.25) is 5.88 Å². The van der Waals surface area contributed by atoms with E-state index in [-0.39, 0.29) is 0 Å². The number of nitrogens with zero attached hydrogens (tertiary/aromatic N) is 1. The van der Waals surface area contributed by atoms with E-state index in [2.05, 4.69) is 31.5 Å².